The van der Waals surface area contributed by atoms with E-state index in [-0.39, 0.29) is 31.0 Å². The first kappa shape index (κ1) is 34.3. The zero-order valence-corrected chi connectivity index (χ0v) is 32.9. The normalized spacial score (nSPS) is 13.7. The summed E-state index contributed by atoms with van der Waals surface area (Å²) in [5.74, 6) is 0.114. The molecule has 0 unspecified atom stereocenters. The number of aryl methyl sites for hydroxylation is 1. The van der Waals surface area contributed by atoms with Gasteiger partial charge in [0.05, 0.1) is 22.5 Å². The molecule has 6 nitrogen and oxygen atoms in total. The van der Waals surface area contributed by atoms with Crippen molar-refractivity contribution in [1.82, 2.24) is 19.9 Å². The van der Waals surface area contributed by atoms with E-state index in [9.17, 15) is 9.59 Å². The van der Waals surface area contributed by atoms with Crippen LogP contribution >= 0.6 is 0 Å². The van der Waals surface area contributed by atoms with Crippen LogP contribution in [0, 0.1) is 6.92 Å². The average molecular weight is 712 g/mol. The minimum Gasteiger partial charge on any atom is -0.657 e. The molecule has 0 aliphatic carbocycles. The number of rotatable bonds is 6. The van der Waals surface area contributed by atoms with Crippen molar-refractivity contribution in [3.8, 4) is 22.3 Å². The summed E-state index contributed by atoms with van der Waals surface area (Å²) in [7, 11) is -1.33. The van der Waals surface area contributed by atoms with Crippen LogP contribution in [0.4, 0.5) is 0 Å². The molecule has 0 amide bonds. The molecule has 0 saturated carbocycles. The summed E-state index contributed by atoms with van der Waals surface area (Å²) in [5, 5.41) is 0. The number of ketones is 2. The third kappa shape index (κ3) is 6.85. The van der Waals surface area contributed by atoms with Crippen LogP contribution in [0.2, 0.25) is 25.7 Å². The number of hydrogen-bond donors (Lipinski definition) is 0. The number of hydrogen-bond acceptors (Lipinski definition) is 4. The number of carbonyl (C=O) groups excluding carboxylic acids is 2. The van der Waals surface area contributed by atoms with Gasteiger partial charge in [-0.2, -0.15) is 0 Å². The fourth-order valence-electron chi connectivity index (χ4n) is 6.21. The van der Waals surface area contributed by atoms with Gasteiger partial charge in [-0.25, -0.2) is 9.97 Å². The van der Waals surface area contributed by atoms with E-state index in [0.717, 1.165) is 56.2 Å². The van der Waals surface area contributed by atoms with Crippen LogP contribution in [0.3, 0.4) is 0 Å². The Hall–Kier alpha value is -4.52. The second kappa shape index (κ2) is 13.1. The molecular formula is C41H38N4O2SiZn. The van der Waals surface area contributed by atoms with E-state index in [4.69, 9.17) is 19.9 Å². The van der Waals surface area contributed by atoms with Crippen molar-refractivity contribution in [1.29, 1.82) is 0 Å². The monoisotopic (exact) mass is 710 g/mol. The van der Waals surface area contributed by atoms with Crippen molar-refractivity contribution < 1.29 is 29.1 Å². The number of nitrogens with zero attached hydrogens (tertiary/aromatic N) is 4. The van der Waals surface area contributed by atoms with Gasteiger partial charge in [-0.3, -0.25) is 9.59 Å². The number of benzene rings is 2. The second-order valence-electron chi connectivity index (χ2n) is 14.5. The summed E-state index contributed by atoms with van der Waals surface area (Å²) < 4.78 is 0. The maximum atomic E-state index is 13.6. The number of Topliss-reactive ketones (excluding diaryl/α,β-unsaturated/α-hetero) is 2. The predicted molar refractivity (Wildman–Crippen MR) is 198 cm³/mol. The van der Waals surface area contributed by atoms with Crippen molar-refractivity contribution >= 4 is 53.9 Å². The second-order valence-corrected chi connectivity index (χ2v) is 20.1. The minimum atomic E-state index is -1.33. The molecule has 7 rings (SSSR count). The molecule has 5 aromatic rings. The quantitative estimate of drug-likeness (QED) is 0.126. The zero-order valence-electron chi connectivity index (χ0n) is 29.0. The largest absolute Gasteiger partial charge is 2.00 e. The molecular weight excluding hydrogens is 674 g/mol. The predicted octanol–water partition coefficient (Wildman–Crippen LogP) is 9.45. The van der Waals surface area contributed by atoms with Gasteiger partial charge >= 0.3 is 19.5 Å². The van der Waals surface area contributed by atoms with Crippen LogP contribution in [0.1, 0.15) is 63.8 Å². The molecule has 2 aromatic carbocycles. The Morgan fingerprint density at radius 2 is 1.27 bits per heavy atom. The first-order valence-electron chi connectivity index (χ1n) is 16.4. The van der Waals surface area contributed by atoms with E-state index in [2.05, 4.69) is 50.8 Å². The molecule has 2 aliphatic rings. The Labute approximate surface area is 300 Å². The molecule has 2 aliphatic heterocycles. The molecule has 0 fully saturated rings. The van der Waals surface area contributed by atoms with Crippen molar-refractivity contribution in [2.75, 3.05) is 0 Å². The van der Waals surface area contributed by atoms with Gasteiger partial charge in [0.1, 0.15) is 5.69 Å². The van der Waals surface area contributed by atoms with E-state index in [1.165, 1.54) is 5.56 Å². The topological polar surface area (TPSA) is 88.1 Å². The molecule has 8 bridgehead atoms. The van der Waals surface area contributed by atoms with Gasteiger partial charge in [-0.05, 0) is 61.2 Å². The molecule has 0 radical (unpaired) electrons. The summed E-state index contributed by atoms with van der Waals surface area (Å²) >= 11 is 0. The van der Waals surface area contributed by atoms with Gasteiger partial charge in [-0.1, -0.05) is 110 Å². The molecule has 0 atom stereocenters. The molecule has 0 spiro atoms. The van der Waals surface area contributed by atoms with Gasteiger partial charge in [0, 0.05) is 20.1 Å². The van der Waals surface area contributed by atoms with Gasteiger partial charge in [0.15, 0.2) is 11.6 Å². The molecule has 5 heterocycles. The molecule has 49 heavy (non-hydrogen) atoms. The Kier molecular flexibility index (Phi) is 9.16. The van der Waals surface area contributed by atoms with Crippen LogP contribution < -0.4 is 9.97 Å². The van der Waals surface area contributed by atoms with E-state index in [1.807, 2.05) is 80.6 Å². The van der Waals surface area contributed by atoms with Crippen molar-refractivity contribution in [2.24, 2.45) is 0 Å². The Morgan fingerprint density at radius 1 is 0.735 bits per heavy atom. The van der Waals surface area contributed by atoms with Crippen LogP contribution in [0.5, 0.6) is 0 Å². The molecule has 8 heteroatoms. The van der Waals surface area contributed by atoms with Crippen LogP contribution in [0.15, 0.2) is 84.9 Å². The van der Waals surface area contributed by atoms with E-state index >= 15 is 0 Å². The fraction of sp³-hybridized carbons (Fsp3) is 0.220. The summed E-state index contributed by atoms with van der Waals surface area (Å²) in [4.78, 5) is 46.6. The Balaban J connectivity index is 0.00000417. The Bertz CT molecular complexity index is 2290. The summed E-state index contributed by atoms with van der Waals surface area (Å²) in [6.07, 6.45) is 4.62. The number of carbonyl (C=O) groups is 2. The molecule has 0 saturated heterocycles. The molecule has 240 valence electrons. The third-order valence-electron chi connectivity index (χ3n) is 9.18. The maximum Gasteiger partial charge on any atom is 2.00 e. The number of fused-ring (bicyclic) bond motifs is 8. The first-order chi connectivity index (χ1) is 22.9. The smallest absolute Gasteiger partial charge is 0.657 e. The van der Waals surface area contributed by atoms with Crippen molar-refractivity contribution in [2.45, 2.75) is 58.3 Å². The third-order valence-corrected chi connectivity index (χ3v) is 10.9. The number of aromatic nitrogens is 4. The van der Waals surface area contributed by atoms with E-state index < -0.39 is 13.5 Å². The van der Waals surface area contributed by atoms with Gasteiger partial charge < -0.3 is 9.97 Å². The van der Waals surface area contributed by atoms with Gasteiger partial charge in [0.2, 0.25) is 0 Å². The van der Waals surface area contributed by atoms with Crippen LogP contribution in [0.25, 0.3) is 56.5 Å². The maximum absolute atomic E-state index is 13.6. The minimum absolute atomic E-state index is 0. The van der Waals surface area contributed by atoms with Gasteiger partial charge in [0.25, 0.3) is 0 Å². The van der Waals surface area contributed by atoms with Crippen LogP contribution in [-0.4, -0.2) is 29.6 Å². The first-order valence-corrected chi connectivity index (χ1v) is 20.1. The van der Waals surface area contributed by atoms with Gasteiger partial charge in [-0.15, -0.1) is 22.1 Å². The standard InChI is InChI=1S/C41H40N4O2Si.Zn/c1-25-7-9-27(10-8-25)38-32-18-16-30(43-32)24-37-41(2,3)40(47)35(45-37)23-29-15-17-31(42-29)39(34-20-19-33(38)44-34)28-13-11-26(12-14-28)36(46)21-22-48(4,5)6;/h7-20,23-24H,21-22H2,1-6H3,(H2,42,43,44,45,46,47);/q;+2/p-2. The van der Waals surface area contributed by atoms with Crippen molar-refractivity contribution in [3.05, 3.63) is 119 Å². The Morgan fingerprint density at radius 3 is 1.82 bits per heavy atom. The van der Waals surface area contributed by atoms with E-state index in [0.29, 0.717) is 28.9 Å². The summed E-state index contributed by atoms with van der Waals surface area (Å²) in [5.41, 5.74) is 10.2. The molecule has 3 aromatic heterocycles. The summed E-state index contributed by atoms with van der Waals surface area (Å²) in [6, 6.07) is 28.6. The SMILES string of the molecule is Cc1ccc(-c2c3nc(c(-c4ccc(C(=O)CC[Si](C)(C)C)cc4)c4ccc(cc5nc(cc6ccc2[n-]6)C(C)(C)C5=O)[n-]4)C=C3)cc1.[Zn+2]. The average Bonchev–Trinajstić information content (AvgIpc) is 3.85. The fourth-order valence-corrected chi connectivity index (χ4v) is 7.19. The van der Waals surface area contributed by atoms with Crippen molar-refractivity contribution in [3.63, 3.8) is 0 Å². The zero-order chi connectivity index (χ0) is 33.8. The van der Waals surface area contributed by atoms with Crippen LogP contribution in [-0.2, 0) is 24.9 Å². The van der Waals surface area contributed by atoms with E-state index in [1.54, 1.807) is 6.07 Å². The summed E-state index contributed by atoms with van der Waals surface area (Å²) in [6.45, 7) is 12.7. The molecule has 0 N–H and O–H groups in total.